The second-order valence-electron chi connectivity index (χ2n) is 7.14. The molecule has 1 aliphatic heterocycles. The summed E-state index contributed by atoms with van der Waals surface area (Å²) in [6.07, 6.45) is 5.78. The highest BCUT2D eigenvalue weighted by atomic mass is 19.1. The molecule has 144 valence electrons. The van der Waals surface area contributed by atoms with E-state index in [9.17, 15) is 9.18 Å². The fourth-order valence-electron chi connectivity index (χ4n) is 3.89. The molecule has 0 bridgehead atoms. The Balaban J connectivity index is 1.63. The number of nitrogens with zero attached hydrogens (tertiary/aromatic N) is 3. The molecule has 0 spiro atoms. The molecule has 0 radical (unpaired) electrons. The van der Waals surface area contributed by atoms with Crippen molar-refractivity contribution in [2.75, 3.05) is 23.3 Å². The van der Waals surface area contributed by atoms with Gasteiger partial charge in [0, 0.05) is 36.4 Å². The van der Waals surface area contributed by atoms with Crippen LogP contribution in [0.15, 0.2) is 48.8 Å². The van der Waals surface area contributed by atoms with Gasteiger partial charge in [-0.05, 0) is 63.1 Å². The van der Waals surface area contributed by atoms with Crippen LogP contribution in [0.2, 0.25) is 0 Å². The third kappa shape index (κ3) is 3.38. The van der Waals surface area contributed by atoms with Crippen molar-refractivity contribution in [1.82, 2.24) is 9.55 Å². The summed E-state index contributed by atoms with van der Waals surface area (Å²) in [4.78, 5) is 19.5. The minimum atomic E-state index is -0.282. The molecule has 1 fully saturated rings. The zero-order chi connectivity index (χ0) is 19.7. The fraction of sp³-hybridized carbons (Fsp3) is 0.273. The van der Waals surface area contributed by atoms with Gasteiger partial charge in [-0.1, -0.05) is 0 Å². The van der Waals surface area contributed by atoms with Crippen LogP contribution in [0.5, 0.6) is 0 Å². The third-order valence-corrected chi connectivity index (χ3v) is 5.25. The molecule has 3 aromatic rings. The van der Waals surface area contributed by atoms with Crippen molar-refractivity contribution < 1.29 is 9.18 Å². The van der Waals surface area contributed by atoms with Gasteiger partial charge in [0.05, 0.1) is 23.1 Å². The quantitative estimate of drug-likeness (QED) is 0.728. The molecule has 6 heteroatoms. The van der Waals surface area contributed by atoms with Crippen LogP contribution in [-0.2, 0) is 0 Å². The average molecular weight is 378 g/mol. The largest absolute Gasteiger partial charge is 0.370 e. The second kappa shape index (κ2) is 7.46. The van der Waals surface area contributed by atoms with Gasteiger partial charge in [0.1, 0.15) is 5.82 Å². The number of carbonyl (C=O) groups excluding carboxylic acids is 1. The number of rotatable bonds is 4. The zero-order valence-electron chi connectivity index (χ0n) is 16.1. The standard InChI is InChI=1S/C22H23FN4O/c1-15-13-19(16(2)27(15)18-7-5-17(23)6-8-18)22(28)25-20-14-24-10-9-21(20)26-11-3-4-12-26/h5-10,13-14H,3-4,11-12H2,1-2H3,(H,25,28). The van der Waals surface area contributed by atoms with E-state index < -0.39 is 0 Å². The normalized spacial score (nSPS) is 13.8. The van der Waals surface area contributed by atoms with E-state index in [1.807, 2.05) is 30.5 Å². The summed E-state index contributed by atoms with van der Waals surface area (Å²) in [6, 6.07) is 10.1. The zero-order valence-corrected chi connectivity index (χ0v) is 16.1. The lowest BCUT2D eigenvalue weighted by Gasteiger charge is -2.21. The van der Waals surface area contributed by atoms with E-state index in [1.54, 1.807) is 24.5 Å². The Bertz CT molecular complexity index is 1000. The molecular formula is C22H23FN4O. The van der Waals surface area contributed by atoms with Crippen LogP contribution < -0.4 is 10.2 Å². The maximum absolute atomic E-state index is 13.3. The highest BCUT2D eigenvalue weighted by Crippen LogP contribution is 2.29. The molecule has 1 aromatic carbocycles. The van der Waals surface area contributed by atoms with Gasteiger partial charge < -0.3 is 14.8 Å². The van der Waals surface area contributed by atoms with Crippen molar-refractivity contribution in [3.05, 3.63) is 71.6 Å². The Morgan fingerprint density at radius 2 is 1.82 bits per heavy atom. The minimum Gasteiger partial charge on any atom is -0.370 e. The summed E-state index contributed by atoms with van der Waals surface area (Å²) >= 11 is 0. The van der Waals surface area contributed by atoms with Crippen molar-refractivity contribution in [2.24, 2.45) is 0 Å². The Hall–Kier alpha value is -3.15. The Morgan fingerprint density at radius 1 is 1.11 bits per heavy atom. The number of hydrogen-bond donors (Lipinski definition) is 1. The molecule has 5 nitrogen and oxygen atoms in total. The van der Waals surface area contributed by atoms with E-state index in [1.165, 1.54) is 12.1 Å². The molecule has 28 heavy (non-hydrogen) atoms. The Kier molecular flexibility index (Phi) is 4.86. The molecule has 1 N–H and O–H groups in total. The number of aromatic nitrogens is 2. The maximum atomic E-state index is 13.3. The average Bonchev–Trinajstić information content (AvgIpc) is 3.32. The van der Waals surface area contributed by atoms with Gasteiger partial charge in [-0.3, -0.25) is 9.78 Å². The minimum absolute atomic E-state index is 0.171. The van der Waals surface area contributed by atoms with Gasteiger partial charge in [0.2, 0.25) is 0 Å². The number of nitrogens with one attached hydrogen (secondary N) is 1. The molecule has 3 heterocycles. The van der Waals surface area contributed by atoms with Crippen LogP contribution in [0.25, 0.3) is 5.69 Å². The van der Waals surface area contributed by atoms with Crippen LogP contribution in [0, 0.1) is 19.7 Å². The Labute approximate surface area is 163 Å². The van der Waals surface area contributed by atoms with Crippen LogP contribution in [0.3, 0.4) is 0 Å². The fourth-order valence-corrected chi connectivity index (χ4v) is 3.89. The van der Waals surface area contributed by atoms with Gasteiger partial charge in [-0.25, -0.2) is 4.39 Å². The summed E-state index contributed by atoms with van der Waals surface area (Å²) in [5.74, 6) is -0.454. The first-order valence-corrected chi connectivity index (χ1v) is 9.50. The maximum Gasteiger partial charge on any atom is 0.257 e. The predicted molar refractivity (Wildman–Crippen MR) is 109 cm³/mol. The molecule has 1 amide bonds. The van der Waals surface area contributed by atoms with E-state index in [0.717, 1.165) is 54.4 Å². The van der Waals surface area contributed by atoms with E-state index in [4.69, 9.17) is 0 Å². The van der Waals surface area contributed by atoms with Crippen molar-refractivity contribution in [3.63, 3.8) is 0 Å². The van der Waals surface area contributed by atoms with Crippen molar-refractivity contribution in [1.29, 1.82) is 0 Å². The van der Waals surface area contributed by atoms with Crippen LogP contribution in [-0.4, -0.2) is 28.5 Å². The summed E-state index contributed by atoms with van der Waals surface area (Å²) in [6.45, 7) is 5.82. The summed E-state index contributed by atoms with van der Waals surface area (Å²) < 4.78 is 15.2. The molecule has 0 atom stereocenters. The molecular weight excluding hydrogens is 355 g/mol. The number of pyridine rings is 1. The van der Waals surface area contributed by atoms with E-state index in [0.29, 0.717) is 5.56 Å². The van der Waals surface area contributed by atoms with Gasteiger partial charge in [-0.2, -0.15) is 0 Å². The molecule has 0 unspecified atom stereocenters. The number of carbonyl (C=O) groups is 1. The van der Waals surface area contributed by atoms with E-state index in [-0.39, 0.29) is 11.7 Å². The number of aryl methyl sites for hydroxylation is 1. The number of benzene rings is 1. The van der Waals surface area contributed by atoms with Gasteiger partial charge >= 0.3 is 0 Å². The number of hydrogen-bond acceptors (Lipinski definition) is 3. The van der Waals surface area contributed by atoms with Gasteiger partial charge in [-0.15, -0.1) is 0 Å². The number of amides is 1. The molecule has 2 aromatic heterocycles. The van der Waals surface area contributed by atoms with Crippen molar-refractivity contribution in [2.45, 2.75) is 26.7 Å². The number of halogens is 1. The number of anilines is 2. The van der Waals surface area contributed by atoms with E-state index in [2.05, 4.69) is 15.2 Å². The lowest BCUT2D eigenvalue weighted by Crippen LogP contribution is -2.21. The second-order valence-corrected chi connectivity index (χ2v) is 7.14. The topological polar surface area (TPSA) is 50.2 Å². The SMILES string of the molecule is Cc1cc(C(=O)Nc2cnccc2N2CCCC2)c(C)n1-c1ccc(F)cc1. The lowest BCUT2D eigenvalue weighted by atomic mass is 10.2. The lowest BCUT2D eigenvalue weighted by molar-refractivity contribution is 0.102. The smallest absolute Gasteiger partial charge is 0.257 e. The summed E-state index contributed by atoms with van der Waals surface area (Å²) in [5.41, 5.74) is 4.88. The first-order valence-electron chi connectivity index (χ1n) is 9.50. The highest BCUT2D eigenvalue weighted by Gasteiger charge is 2.20. The molecule has 0 aliphatic carbocycles. The van der Waals surface area contributed by atoms with Gasteiger partial charge in [0.15, 0.2) is 0 Å². The first kappa shape index (κ1) is 18.2. The van der Waals surface area contributed by atoms with Gasteiger partial charge in [0.25, 0.3) is 5.91 Å². The van der Waals surface area contributed by atoms with Crippen molar-refractivity contribution >= 4 is 17.3 Å². The molecule has 0 saturated carbocycles. The highest BCUT2D eigenvalue weighted by molar-refractivity contribution is 6.07. The Morgan fingerprint density at radius 3 is 2.54 bits per heavy atom. The monoisotopic (exact) mass is 378 g/mol. The molecule has 4 rings (SSSR count). The summed E-state index contributed by atoms with van der Waals surface area (Å²) in [7, 11) is 0. The van der Waals surface area contributed by atoms with Crippen LogP contribution >= 0.6 is 0 Å². The molecule has 1 saturated heterocycles. The van der Waals surface area contributed by atoms with Crippen molar-refractivity contribution in [3.8, 4) is 5.69 Å². The summed E-state index contributed by atoms with van der Waals surface area (Å²) in [5, 5.41) is 3.03. The van der Waals surface area contributed by atoms with Crippen LogP contribution in [0.4, 0.5) is 15.8 Å². The predicted octanol–water partition coefficient (Wildman–Crippen LogP) is 4.48. The van der Waals surface area contributed by atoms with Crippen LogP contribution in [0.1, 0.15) is 34.6 Å². The molecule has 1 aliphatic rings. The first-order chi connectivity index (χ1) is 13.5. The third-order valence-electron chi connectivity index (χ3n) is 5.25. The van der Waals surface area contributed by atoms with E-state index >= 15 is 0 Å².